The molecule has 182 valence electrons. The minimum absolute atomic E-state index is 0.113. The summed E-state index contributed by atoms with van der Waals surface area (Å²) >= 11 is 0. The van der Waals surface area contributed by atoms with Crippen LogP contribution in [0.2, 0.25) is 0 Å². The van der Waals surface area contributed by atoms with Crippen molar-refractivity contribution in [3.8, 4) is 11.1 Å². The Kier molecular flexibility index (Phi) is 6.93. The second kappa shape index (κ2) is 9.92. The number of amides is 1. The van der Waals surface area contributed by atoms with Gasteiger partial charge in [0.2, 0.25) is 10.0 Å². The molecule has 0 aromatic heterocycles. The van der Waals surface area contributed by atoms with Crippen molar-refractivity contribution in [1.82, 2.24) is 4.90 Å². The summed E-state index contributed by atoms with van der Waals surface area (Å²) in [4.78, 5) is 26.2. The first-order chi connectivity index (χ1) is 16.7. The first-order valence-corrected chi connectivity index (χ1v) is 13.2. The third kappa shape index (κ3) is 5.22. The van der Waals surface area contributed by atoms with Crippen LogP contribution < -0.4 is 4.72 Å². The van der Waals surface area contributed by atoms with Gasteiger partial charge in [0.1, 0.15) is 6.04 Å². The molecule has 0 aliphatic carbocycles. The van der Waals surface area contributed by atoms with Crippen LogP contribution in [0.15, 0.2) is 72.8 Å². The van der Waals surface area contributed by atoms with Crippen LogP contribution in [0, 0.1) is 0 Å². The zero-order valence-corrected chi connectivity index (χ0v) is 20.5. The number of fused-ring (bicyclic) bond motifs is 1. The third-order valence-corrected chi connectivity index (χ3v) is 7.52. The molecular formula is C27H28N2O5S. The van der Waals surface area contributed by atoms with Crippen molar-refractivity contribution in [2.45, 2.75) is 44.5 Å². The Morgan fingerprint density at radius 2 is 1.69 bits per heavy atom. The van der Waals surface area contributed by atoms with Crippen molar-refractivity contribution in [3.63, 3.8) is 0 Å². The SMILES string of the molecule is CCCC(C(=O)O)N1C(=O)c2ccc(-c3ccc(NS(=O)(=O)Cc4ccccc4)cc3)cc2[C@@H]1C. The molecule has 35 heavy (non-hydrogen) atoms. The van der Waals surface area contributed by atoms with E-state index in [4.69, 9.17) is 0 Å². The lowest BCUT2D eigenvalue weighted by Gasteiger charge is -2.28. The van der Waals surface area contributed by atoms with Gasteiger partial charge in [0, 0.05) is 11.3 Å². The zero-order chi connectivity index (χ0) is 25.2. The molecule has 4 rings (SSSR count). The van der Waals surface area contributed by atoms with Gasteiger partial charge in [-0.1, -0.05) is 61.9 Å². The number of nitrogens with one attached hydrogen (secondary N) is 1. The van der Waals surface area contributed by atoms with Crippen LogP contribution in [-0.2, 0) is 20.6 Å². The predicted molar refractivity (Wildman–Crippen MR) is 135 cm³/mol. The monoisotopic (exact) mass is 492 g/mol. The van der Waals surface area contributed by atoms with Crippen LogP contribution in [0.1, 0.15) is 54.2 Å². The Morgan fingerprint density at radius 3 is 2.31 bits per heavy atom. The van der Waals surface area contributed by atoms with Gasteiger partial charge in [-0.05, 0) is 59.9 Å². The molecule has 1 aliphatic heterocycles. The van der Waals surface area contributed by atoms with E-state index in [9.17, 15) is 23.1 Å². The lowest BCUT2D eigenvalue weighted by Crippen LogP contribution is -2.42. The van der Waals surface area contributed by atoms with Crippen molar-refractivity contribution in [3.05, 3.63) is 89.5 Å². The molecule has 0 saturated carbocycles. The molecule has 0 radical (unpaired) electrons. The molecule has 3 aromatic rings. The molecule has 1 aliphatic rings. The maximum atomic E-state index is 13.0. The molecule has 8 heteroatoms. The molecule has 2 atom stereocenters. The van der Waals surface area contributed by atoms with Crippen molar-refractivity contribution >= 4 is 27.6 Å². The lowest BCUT2D eigenvalue weighted by atomic mass is 9.98. The van der Waals surface area contributed by atoms with E-state index in [0.717, 1.165) is 16.7 Å². The van der Waals surface area contributed by atoms with E-state index >= 15 is 0 Å². The van der Waals surface area contributed by atoms with Crippen molar-refractivity contribution in [2.75, 3.05) is 4.72 Å². The summed E-state index contributed by atoms with van der Waals surface area (Å²) in [7, 11) is -3.55. The van der Waals surface area contributed by atoms with Crippen LogP contribution in [0.3, 0.4) is 0 Å². The summed E-state index contributed by atoms with van der Waals surface area (Å²) in [5.74, 6) is -1.37. The van der Waals surface area contributed by atoms with Gasteiger partial charge in [-0.2, -0.15) is 0 Å². The molecule has 7 nitrogen and oxygen atoms in total. The van der Waals surface area contributed by atoms with Gasteiger partial charge < -0.3 is 10.0 Å². The Bertz CT molecular complexity index is 1340. The maximum absolute atomic E-state index is 13.0. The molecule has 1 unspecified atom stereocenters. The van der Waals surface area contributed by atoms with E-state index < -0.39 is 22.0 Å². The Hall–Kier alpha value is -3.65. The van der Waals surface area contributed by atoms with Crippen molar-refractivity contribution in [1.29, 1.82) is 0 Å². The fourth-order valence-electron chi connectivity index (χ4n) is 4.55. The first-order valence-electron chi connectivity index (χ1n) is 11.5. The Labute approximate surface area is 205 Å². The van der Waals surface area contributed by atoms with E-state index in [0.29, 0.717) is 29.7 Å². The predicted octanol–water partition coefficient (Wildman–Crippen LogP) is 5.07. The summed E-state index contributed by atoms with van der Waals surface area (Å²) in [5, 5.41) is 9.66. The number of carboxylic acid groups (broad SMARTS) is 1. The molecule has 1 amide bonds. The number of hydrogen-bond acceptors (Lipinski definition) is 4. The number of anilines is 1. The molecule has 0 bridgehead atoms. The van der Waals surface area contributed by atoms with Gasteiger partial charge in [-0.3, -0.25) is 9.52 Å². The number of benzene rings is 3. The van der Waals surface area contributed by atoms with E-state index in [1.54, 1.807) is 42.5 Å². The number of hydrogen-bond donors (Lipinski definition) is 2. The topological polar surface area (TPSA) is 104 Å². The number of rotatable bonds is 9. The largest absolute Gasteiger partial charge is 0.480 e. The van der Waals surface area contributed by atoms with Crippen LogP contribution in [0.4, 0.5) is 5.69 Å². The Morgan fingerprint density at radius 1 is 1.03 bits per heavy atom. The normalized spacial score (nSPS) is 16.1. The minimum atomic E-state index is -3.55. The summed E-state index contributed by atoms with van der Waals surface area (Å²) in [6.07, 6.45) is 1.06. The average Bonchev–Trinajstić information content (AvgIpc) is 3.07. The van der Waals surface area contributed by atoms with Gasteiger partial charge in [-0.15, -0.1) is 0 Å². The van der Waals surface area contributed by atoms with Crippen LogP contribution >= 0.6 is 0 Å². The average molecular weight is 493 g/mol. The summed E-state index contributed by atoms with van der Waals surface area (Å²) in [6.45, 7) is 3.75. The highest BCUT2D eigenvalue weighted by molar-refractivity contribution is 7.91. The minimum Gasteiger partial charge on any atom is -0.480 e. The highest BCUT2D eigenvalue weighted by atomic mass is 32.2. The molecular weight excluding hydrogens is 464 g/mol. The second-order valence-electron chi connectivity index (χ2n) is 8.76. The summed E-state index contributed by atoms with van der Waals surface area (Å²) in [6, 6.07) is 20.3. The van der Waals surface area contributed by atoms with Gasteiger partial charge >= 0.3 is 5.97 Å². The standard InChI is InChI=1S/C27H28N2O5S/c1-3-7-25(27(31)32)29-18(2)24-16-21(12-15-23(24)26(29)30)20-10-13-22(14-11-20)28-35(33,34)17-19-8-5-4-6-9-19/h4-6,8-16,18,25,28H,3,7,17H2,1-2H3,(H,31,32)/t18-,25?/m0/s1. The molecule has 0 spiro atoms. The smallest absolute Gasteiger partial charge is 0.326 e. The highest BCUT2D eigenvalue weighted by Gasteiger charge is 2.40. The highest BCUT2D eigenvalue weighted by Crippen LogP contribution is 2.38. The quantitative estimate of drug-likeness (QED) is 0.434. The molecule has 1 heterocycles. The number of carbonyl (C=O) groups is 2. The number of aliphatic carboxylic acids is 1. The van der Waals surface area contributed by atoms with E-state index in [2.05, 4.69) is 4.72 Å². The fraction of sp³-hybridized carbons (Fsp3) is 0.259. The van der Waals surface area contributed by atoms with Crippen molar-refractivity contribution in [2.24, 2.45) is 0 Å². The molecule has 0 saturated heterocycles. The van der Waals surface area contributed by atoms with Crippen LogP contribution in [-0.4, -0.2) is 36.3 Å². The lowest BCUT2D eigenvalue weighted by molar-refractivity contribution is -0.143. The van der Waals surface area contributed by atoms with Crippen molar-refractivity contribution < 1.29 is 23.1 Å². The number of nitrogens with zero attached hydrogens (tertiary/aromatic N) is 1. The van der Waals surface area contributed by atoms with Crippen LogP contribution in [0.25, 0.3) is 11.1 Å². The summed E-state index contributed by atoms with van der Waals surface area (Å²) < 4.78 is 27.6. The molecule has 3 aromatic carbocycles. The van der Waals surface area contributed by atoms with E-state index in [1.807, 2.05) is 44.2 Å². The summed E-state index contributed by atoms with van der Waals surface area (Å²) in [5.41, 5.74) is 4.21. The van der Waals surface area contributed by atoms with Gasteiger partial charge in [0.15, 0.2) is 0 Å². The molecule has 0 fully saturated rings. The van der Waals surface area contributed by atoms with Crippen LogP contribution in [0.5, 0.6) is 0 Å². The van der Waals surface area contributed by atoms with E-state index in [-0.39, 0.29) is 17.7 Å². The van der Waals surface area contributed by atoms with Gasteiger partial charge in [-0.25, -0.2) is 13.2 Å². The van der Waals surface area contributed by atoms with Gasteiger partial charge in [0.05, 0.1) is 11.8 Å². The first kappa shape index (κ1) is 24.5. The molecule has 2 N–H and O–H groups in total. The number of sulfonamides is 1. The Balaban J connectivity index is 1.53. The number of carboxylic acids is 1. The second-order valence-corrected chi connectivity index (χ2v) is 10.5. The maximum Gasteiger partial charge on any atom is 0.326 e. The van der Waals surface area contributed by atoms with Gasteiger partial charge in [0.25, 0.3) is 5.91 Å². The number of carbonyl (C=O) groups excluding carboxylic acids is 1. The fourth-order valence-corrected chi connectivity index (χ4v) is 5.75. The van der Waals surface area contributed by atoms with E-state index in [1.165, 1.54) is 4.90 Å². The third-order valence-electron chi connectivity index (χ3n) is 6.26. The zero-order valence-electron chi connectivity index (χ0n) is 19.6.